The van der Waals surface area contributed by atoms with E-state index in [-0.39, 0.29) is 0 Å². The van der Waals surface area contributed by atoms with Crippen molar-refractivity contribution in [2.45, 2.75) is 31.8 Å². The molecule has 0 aromatic heterocycles. The monoisotopic (exact) mass is 290 g/mol. The average molecular weight is 290 g/mol. The summed E-state index contributed by atoms with van der Waals surface area (Å²) in [7, 11) is 3.43. The minimum Gasteiger partial charge on any atom is -0.497 e. The molecular weight excluding hydrogens is 264 g/mol. The minimum absolute atomic E-state index is 0.374. The summed E-state index contributed by atoms with van der Waals surface area (Å²) < 4.78 is 10.9. The van der Waals surface area contributed by atoms with Crippen LogP contribution < -0.4 is 14.8 Å². The van der Waals surface area contributed by atoms with Crippen molar-refractivity contribution < 1.29 is 9.47 Å². The molecule has 1 aromatic carbocycles. The third-order valence-electron chi connectivity index (χ3n) is 5.11. The molecule has 2 heterocycles. The van der Waals surface area contributed by atoms with Crippen molar-refractivity contribution in [2.75, 3.05) is 33.9 Å². The lowest BCUT2D eigenvalue weighted by Crippen LogP contribution is -2.46. The fourth-order valence-electron chi connectivity index (χ4n) is 3.93. The van der Waals surface area contributed by atoms with Gasteiger partial charge in [0.15, 0.2) is 0 Å². The average Bonchev–Trinajstić information content (AvgIpc) is 3.02. The topological polar surface area (TPSA) is 33.7 Å². The van der Waals surface area contributed by atoms with Crippen LogP contribution in [0.4, 0.5) is 0 Å². The minimum atomic E-state index is 0.374. The summed E-state index contributed by atoms with van der Waals surface area (Å²) in [6.07, 6.45) is 2.66. The third kappa shape index (κ3) is 2.74. The fourth-order valence-corrected chi connectivity index (χ4v) is 3.93. The first-order chi connectivity index (χ1) is 10.2. The number of likely N-dealkylation sites (tertiary alicyclic amines) is 1. The van der Waals surface area contributed by atoms with Crippen LogP contribution in [0.3, 0.4) is 0 Å². The van der Waals surface area contributed by atoms with E-state index in [2.05, 4.69) is 23.2 Å². The predicted molar refractivity (Wildman–Crippen MR) is 84.0 cm³/mol. The van der Waals surface area contributed by atoms with E-state index in [1.807, 2.05) is 12.1 Å². The highest BCUT2D eigenvalue weighted by Gasteiger charge is 2.37. The van der Waals surface area contributed by atoms with Gasteiger partial charge in [0.05, 0.1) is 14.2 Å². The molecule has 0 saturated carbocycles. The van der Waals surface area contributed by atoms with Crippen LogP contribution in [-0.2, 0) is 0 Å². The number of ether oxygens (including phenoxy) is 2. The van der Waals surface area contributed by atoms with E-state index in [0.717, 1.165) is 24.0 Å². The fraction of sp³-hybridized carbons (Fsp3) is 0.647. The molecule has 2 aliphatic heterocycles. The highest BCUT2D eigenvalue weighted by molar-refractivity contribution is 5.42. The van der Waals surface area contributed by atoms with E-state index >= 15 is 0 Å². The Labute approximate surface area is 127 Å². The summed E-state index contributed by atoms with van der Waals surface area (Å²) in [5, 5.41) is 3.55. The molecule has 21 heavy (non-hydrogen) atoms. The predicted octanol–water partition coefficient (Wildman–Crippen LogP) is 2.45. The van der Waals surface area contributed by atoms with Crippen LogP contribution in [0.1, 0.15) is 31.4 Å². The van der Waals surface area contributed by atoms with Crippen LogP contribution in [0.15, 0.2) is 18.2 Å². The second-order valence-corrected chi connectivity index (χ2v) is 6.15. The molecule has 2 fully saturated rings. The molecule has 1 aromatic rings. The Morgan fingerprint density at radius 3 is 2.86 bits per heavy atom. The van der Waals surface area contributed by atoms with Crippen LogP contribution >= 0.6 is 0 Å². The van der Waals surface area contributed by atoms with Gasteiger partial charge in [-0.3, -0.25) is 4.90 Å². The van der Waals surface area contributed by atoms with E-state index in [9.17, 15) is 0 Å². The number of nitrogens with zero attached hydrogens (tertiary/aromatic N) is 1. The number of fused-ring (bicyclic) bond motifs is 1. The highest BCUT2D eigenvalue weighted by Crippen LogP contribution is 2.37. The molecule has 0 radical (unpaired) electrons. The maximum Gasteiger partial charge on any atom is 0.127 e. The molecule has 116 valence electrons. The van der Waals surface area contributed by atoms with Crippen LogP contribution in [0.2, 0.25) is 0 Å². The van der Waals surface area contributed by atoms with Crippen LogP contribution in [0.5, 0.6) is 11.5 Å². The van der Waals surface area contributed by atoms with Crippen molar-refractivity contribution in [1.29, 1.82) is 0 Å². The van der Waals surface area contributed by atoms with Gasteiger partial charge in [-0.25, -0.2) is 0 Å². The maximum absolute atomic E-state index is 5.59. The van der Waals surface area contributed by atoms with Gasteiger partial charge in [-0.15, -0.1) is 0 Å². The molecule has 1 N–H and O–H groups in total. The van der Waals surface area contributed by atoms with E-state index in [4.69, 9.17) is 9.47 Å². The van der Waals surface area contributed by atoms with Gasteiger partial charge in [0, 0.05) is 30.3 Å². The van der Waals surface area contributed by atoms with E-state index in [1.54, 1.807) is 14.2 Å². The maximum atomic E-state index is 5.59. The van der Waals surface area contributed by atoms with Crippen molar-refractivity contribution in [3.05, 3.63) is 23.8 Å². The molecule has 0 bridgehead atoms. The molecule has 4 nitrogen and oxygen atoms in total. The van der Waals surface area contributed by atoms with Crippen LogP contribution in [0.25, 0.3) is 0 Å². The SMILES string of the molecule is COc1ccc(C(C)N2CCCC3CNCC32)c(OC)c1. The van der Waals surface area contributed by atoms with Crippen LogP contribution in [0, 0.1) is 5.92 Å². The lowest BCUT2D eigenvalue weighted by atomic mass is 9.89. The summed E-state index contributed by atoms with van der Waals surface area (Å²) in [6, 6.07) is 7.20. The van der Waals surface area contributed by atoms with E-state index in [1.165, 1.54) is 31.5 Å². The molecule has 0 spiro atoms. The Morgan fingerprint density at radius 1 is 1.24 bits per heavy atom. The first-order valence-electron chi connectivity index (χ1n) is 7.93. The molecule has 4 heteroatoms. The largest absolute Gasteiger partial charge is 0.497 e. The molecule has 0 aliphatic carbocycles. The van der Waals surface area contributed by atoms with Crippen LogP contribution in [-0.4, -0.2) is 44.8 Å². The lowest BCUT2D eigenvalue weighted by molar-refractivity contribution is 0.0835. The zero-order valence-corrected chi connectivity index (χ0v) is 13.3. The van der Waals surface area contributed by atoms with Gasteiger partial charge < -0.3 is 14.8 Å². The van der Waals surface area contributed by atoms with Gasteiger partial charge in [0.25, 0.3) is 0 Å². The molecule has 2 aliphatic rings. The van der Waals surface area contributed by atoms with Crippen molar-refractivity contribution in [3.63, 3.8) is 0 Å². The lowest BCUT2D eigenvalue weighted by Gasteiger charge is -2.41. The van der Waals surface area contributed by atoms with Gasteiger partial charge in [0.2, 0.25) is 0 Å². The highest BCUT2D eigenvalue weighted by atomic mass is 16.5. The summed E-state index contributed by atoms with van der Waals surface area (Å²) >= 11 is 0. The first-order valence-corrected chi connectivity index (χ1v) is 7.93. The standard InChI is InChI=1S/C17H26N2O2/c1-12(15-7-6-14(20-2)9-17(15)21-3)19-8-4-5-13-10-18-11-16(13)19/h6-7,9,12-13,16,18H,4-5,8,10-11H2,1-3H3. The van der Waals surface area contributed by atoms with Crippen molar-refractivity contribution in [1.82, 2.24) is 10.2 Å². The van der Waals surface area contributed by atoms with E-state index in [0.29, 0.717) is 12.1 Å². The Bertz CT molecular complexity index is 492. The smallest absolute Gasteiger partial charge is 0.127 e. The van der Waals surface area contributed by atoms with Gasteiger partial charge in [-0.05, 0) is 44.8 Å². The molecule has 2 saturated heterocycles. The second kappa shape index (κ2) is 6.24. The number of rotatable bonds is 4. The van der Waals surface area contributed by atoms with Crippen molar-refractivity contribution >= 4 is 0 Å². The van der Waals surface area contributed by atoms with Gasteiger partial charge >= 0.3 is 0 Å². The Hall–Kier alpha value is -1.26. The summed E-state index contributed by atoms with van der Waals surface area (Å²) in [5.41, 5.74) is 1.26. The molecule has 3 atom stereocenters. The van der Waals surface area contributed by atoms with Gasteiger partial charge in [0.1, 0.15) is 11.5 Å². The van der Waals surface area contributed by atoms with Gasteiger partial charge in [-0.1, -0.05) is 6.07 Å². The molecular formula is C17H26N2O2. The molecule has 3 unspecified atom stereocenters. The second-order valence-electron chi connectivity index (χ2n) is 6.15. The van der Waals surface area contributed by atoms with Gasteiger partial charge in [-0.2, -0.15) is 0 Å². The zero-order chi connectivity index (χ0) is 14.8. The number of hydrogen-bond donors (Lipinski definition) is 1. The summed E-state index contributed by atoms with van der Waals surface area (Å²) in [4.78, 5) is 2.65. The quantitative estimate of drug-likeness (QED) is 0.923. The van der Waals surface area contributed by atoms with Crippen molar-refractivity contribution in [3.8, 4) is 11.5 Å². The number of methoxy groups -OCH3 is 2. The van der Waals surface area contributed by atoms with E-state index < -0.39 is 0 Å². The first kappa shape index (κ1) is 14.7. The number of piperidine rings is 1. The summed E-state index contributed by atoms with van der Waals surface area (Å²) in [5.74, 6) is 2.59. The third-order valence-corrected chi connectivity index (χ3v) is 5.11. The van der Waals surface area contributed by atoms with Crippen molar-refractivity contribution in [2.24, 2.45) is 5.92 Å². The number of nitrogens with one attached hydrogen (secondary N) is 1. The normalized spacial score (nSPS) is 27.2. The number of hydrogen-bond acceptors (Lipinski definition) is 4. The zero-order valence-electron chi connectivity index (χ0n) is 13.3. The Morgan fingerprint density at radius 2 is 2.10 bits per heavy atom. The molecule has 3 rings (SSSR count). The Balaban J connectivity index is 1.85. The summed E-state index contributed by atoms with van der Waals surface area (Å²) in [6.45, 7) is 5.77. The number of benzene rings is 1. The Kier molecular flexibility index (Phi) is 4.36. The molecule has 0 amide bonds.